The first-order chi connectivity index (χ1) is 18.0. The first-order valence-electron chi connectivity index (χ1n) is 13.1. The number of halogens is 1. The number of aliphatic hydroxyl groups excluding tert-OH is 1. The van der Waals surface area contributed by atoms with E-state index in [0.29, 0.717) is 19.4 Å². The highest BCUT2D eigenvalue weighted by Gasteiger charge is 2.39. The normalized spacial score (nSPS) is 31.7. The van der Waals surface area contributed by atoms with Crippen molar-refractivity contribution in [1.82, 2.24) is 25.4 Å². The topological polar surface area (TPSA) is 138 Å². The lowest BCUT2D eigenvalue weighted by atomic mass is 9.94. The number of ether oxygens (including phenoxy) is 1. The fourth-order valence-corrected chi connectivity index (χ4v) is 4.72. The van der Waals surface area contributed by atoms with E-state index >= 15 is 0 Å². The molecular weight excluding hydrogens is 493 g/mol. The number of amides is 2. The summed E-state index contributed by atoms with van der Waals surface area (Å²) in [6.45, 7) is 8.11. The van der Waals surface area contributed by atoms with Gasteiger partial charge in [0.25, 0.3) is 5.91 Å². The molecule has 0 aromatic carbocycles. The van der Waals surface area contributed by atoms with Crippen molar-refractivity contribution >= 4 is 17.8 Å². The van der Waals surface area contributed by atoms with Gasteiger partial charge in [-0.25, -0.2) is 14.2 Å². The summed E-state index contributed by atoms with van der Waals surface area (Å²) < 4.78 is 20.5. The average Bonchev–Trinajstić information content (AvgIpc) is 3.52. The van der Waals surface area contributed by atoms with E-state index in [-0.39, 0.29) is 48.8 Å². The molecule has 1 saturated heterocycles. The van der Waals surface area contributed by atoms with Crippen LogP contribution in [0.5, 0.6) is 0 Å². The number of aliphatic hydroxyl groups is 1. The predicted octanol–water partition coefficient (Wildman–Crippen LogP) is 2.43. The molecule has 3 rings (SSSR count). The van der Waals surface area contributed by atoms with Gasteiger partial charge in [-0.05, 0) is 31.8 Å². The Morgan fingerprint density at radius 1 is 1.24 bits per heavy atom. The van der Waals surface area contributed by atoms with Gasteiger partial charge in [-0.2, -0.15) is 0 Å². The molecule has 0 unspecified atom stereocenters. The maximum atomic E-state index is 14.6. The molecule has 11 heteroatoms. The summed E-state index contributed by atoms with van der Waals surface area (Å²) in [6.07, 6.45) is 5.92. The van der Waals surface area contributed by atoms with Crippen molar-refractivity contribution < 1.29 is 28.6 Å². The summed E-state index contributed by atoms with van der Waals surface area (Å²) in [4.78, 5) is 44.1. The highest BCUT2D eigenvalue weighted by atomic mass is 19.1. The minimum atomic E-state index is -1.42. The summed E-state index contributed by atoms with van der Waals surface area (Å²) in [6, 6.07) is -0.780. The second-order valence-electron chi connectivity index (χ2n) is 10.3. The summed E-state index contributed by atoms with van der Waals surface area (Å²) in [5, 5.41) is 19.5. The monoisotopic (exact) mass is 531 g/mol. The van der Waals surface area contributed by atoms with Gasteiger partial charge in [-0.3, -0.25) is 14.7 Å². The van der Waals surface area contributed by atoms with Gasteiger partial charge in [-0.1, -0.05) is 50.6 Å². The highest BCUT2D eigenvalue weighted by molar-refractivity contribution is 5.94. The molecule has 0 radical (unpaired) electrons. The Morgan fingerprint density at radius 3 is 2.74 bits per heavy atom. The van der Waals surface area contributed by atoms with E-state index in [1.54, 1.807) is 25.2 Å². The van der Waals surface area contributed by atoms with Crippen LogP contribution in [0.15, 0.2) is 36.0 Å². The van der Waals surface area contributed by atoms with Gasteiger partial charge in [0.1, 0.15) is 24.1 Å². The molecule has 3 N–H and O–H groups in total. The molecule has 1 fully saturated rings. The number of carbonyl (C=O) groups is 3. The molecule has 208 valence electrons. The smallest absolute Gasteiger partial charge is 0.329 e. The van der Waals surface area contributed by atoms with Gasteiger partial charge in [-0.15, -0.1) is 5.10 Å². The van der Waals surface area contributed by atoms with Crippen molar-refractivity contribution in [3.8, 4) is 0 Å². The van der Waals surface area contributed by atoms with Crippen molar-refractivity contribution in [1.29, 1.82) is 0 Å². The maximum Gasteiger partial charge on any atom is 0.329 e. The SMILES string of the molecule is CC1=C\[C@@H](O)C[C@@H](F)Cc2nc(n[nH]2)C(=O)N2CCC[C@@H]2C(=O)O[C@H](C(C)C)[C@H](C)/C=C/C(=O)NC\C=C\1. The molecule has 38 heavy (non-hydrogen) atoms. The van der Waals surface area contributed by atoms with E-state index < -0.39 is 36.3 Å². The highest BCUT2D eigenvalue weighted by Crippen LogP contribution is 2.25. The number of allylic oxidation sites excluding steroid dienone is 2. The zero-order valence-corrected chi connectivity index (χ0v) is 22.4. The Hall–Kier alpha value is -3.34. The van der Waals surface area contributed by atoms with Crippen molar-refractivity contribution in [2.24, 2.45) is 11.8 Å². The van der Waals surface area contributed by atoms with Crippen LogP contribution in [0.3, 0.4) is 0 Å². The second kappa shape index (κ2) is 13.5. The zero-order valence-electron chi connectivity index (χ0n) is 22.4. The molecule has 2 bridgehead atoms. The van der Waals surface area contributed by atoms with Crippen molar-refractivity contribution in [3.05, 3.63) is 47.6 Å². The molecule has 0 aliphatic carbocycles. The first-order valence-corrected chi connectivity index (χ1v) is 13.1. The fraction of sp³-hybridized carbons (Fsp3) is 0.593. The molecule has 2 aliphatic rings. The third kappa shape index (κ3) is 8.08. The number of hydrogen-bond acceptors (Lipinski definition) is 7. The molecule has 5 atom stereocenters. The quantitative estimate of drug-likeness (QED) is 0.473. The number of esters is 1. The zero-order chi connectivity index (χ0) is 27.8. The van der Waals surface area contributed by atoms with Crippen molar-refractivity contribution in [3.63, 3.8) is 0 Å². The number of nitrogens with one attached hydrogen (secondary N) is 2. The van der Waals surface area contributed by atoms with Crippen LogP contribution in [-0.4, -0.2) is 80.5 Å². The second-order valence-corrected chi connectivity index (χ2v) is 10.3. The number of rotatable bonds is 1. The van der Waals surface area contributed by atoms with Crippen LogP contribution in [-0.2, 0) is 20.7 Å². The number of fused-ring (bicyclic) bond motifs is 3. The number of aromatic nitrogens is 3. The van der Waals surface area contributed by atoms with Gasteiger partial charge in [0.2, 0.25) is 11.7 Å². The van der Waals surface area contributed by atoms with Crippen LogP contribution in [0.1, 0.15) is 63.4 Å². The van der Waals surface area contributed by atoms with Crippen LogP contribution < -0.4 is 5.32 Å². The van der Waals surface area contributed by atoms with Gasteiger partial charge in [0.15, 0.2) is 0 Å². The lowest BCUT2D eigenvalue weighted by Crippen LogP contribution is -2.44. The van der Waals surface area contributed by atoms with Gasteiger partial charge in [0.05, 0.1) is 6.10 Å². The summed E-state index contributed by atoms with van der Waals surface area (Å²) in [7, 11) is 0. The van der Waals surface area contributed by atoms with E-state index in [1.165, 1.54) is 17.1 Å². The number of aromatic amines is 1. The van der Waals surface area contributed by atoms with E-state index in [0.717, 1.165) is 5.57 Å². The third-order valence-electron chi connectivity index (χ3n) is 6.63. The Morgan fingerprint density at radius 2 is 2.00 bits per heavy atom. The van der Waals surface area contributed by atoms with Crippen LogP contribution in [0.4, 0.5) is 4.39 Å². The fourth-order valence-electron chi connectivity index (χ4n) is 4.72. The Bertz CT molecular complexity index is 1080. The van der Waals surface area contributed by atoms with Crippen LogP contribution in [0, 0.1) is 11.8 Å². The van der Waals surface area contributed by atoms with Crippen molar-refractivity contribution in [2.75, 3.05) is 13.1 Å². The Balaban J connectivity index is 1.85. The molecule has 1 aromatic rings. The third-order valence-corrected chi connectivity index (χ3v) is 6.63. The molecule has 0 saturated carbocycles. The number of hydrogen-bond donors (Lipinski definition) is 3. The first kappa shape index (κ1) is 29.2. The molecule has 2 aliphatic heterocycles. The molecule has 0 spiro atoms. The number of alkyl halides is 1. The summed E-state index contributed by atoms with van der Waals surface area (Å²) in [5.74, 6) is -1.58. The van der Waals surface area contributed by atoms with Gasteiger partial charge >= 0.3 is 5.97 Å². The van der Waals surface area contributed by atoms with Crippen LogP contribution >= 0.6 is 0 Å². The van der Waals surface area contributed by atoms with Crippen molar-refractivity contribution in [2.45, 2.75) is 77.8 Å². The predicted molar refractivity (Wildman–Crippen MR) is 139 cm³/mol. The van der Waals surface area contributed by atoms with E-state index in [4.69, 9.17) is 4.74 Å². The largest absolute Gasteiger partial charge is 0.460 e. The minimum Gasteiger partial charge on any atom is -0.460 e. The summed E-state index contributed by atoms with van der Waals surface area (Å²) in [5.41, 5.74) is 0.718. The number of H-pyrrole nitrogens is 1. The van der Waals surface area contributed by atoms with Gasteiger partial charge < -0.3 is 20.1 Å². The molecule has 10 nitrogen and oxygen atoms in total. The molecule has 3 heterocycles. The number of carbonyl (C=O) groups excluding carboxylic acids is 3. The number of nitrogens with zero attached hydrogens (tertiary/aromatic N) is 3. The van der Waals surface area contributed by atoms with Crippen LogP contribution in [0.25, 0.3) is 0 Å². The standard InChI is InChI=1S/C27H38FN5O5/c1-16(2)24-18(4)9-10-23(35)29-11-5-7-17(3)13-20(34)14-19(28)15-22-30-25(32-31-22)26(36)33-12-6-8-21(33)27(37)38-24/h5,7,9-10,13,16,18-21,24,34H,6,8,11-12,14-15H2,1-4H3,(H,29,35)(H,30,31,32)/b7-5+,10-9+,17-13+/t18-,19-,20-,21-,24-/m1/s1. The molecular formula is C27H38FN5O5. The van der Waals surface area contributed by atoms with E-state index in [2.05, 4.69) is 20.5 Å². The molecule has 2 amide bonds. The lowest BCUT2D eigenvalue weighted by Gasteiger charge is -2.29. The number of cyclic esters (lactones) is 1. The maximum absolute atomic E-state index is 14.6. The minimum absolute atomic E-state index is 0.0287. The van der Waals surface area contributed by atoms with Gasteiger partial charge in [0, 0.05) is 31.8 Å². The van der Waals surface area contributed by atoms with Crippen LogP contribution in [0.2, 0.25) is 0 Å². The molecule has 1 aromatic heterocycles. The van der Waals surface area contributed by atoms with E-state index in [9.17, 15) is 23.9 Å². The Kier molecular flexibility index (Phi) is 10.3. The average molecular weight is 532 g/mol. The summed E-state index contributed by atoms with van der Waals surface area (Å²) >= 11 is 0. The Labute approximate surface area is 222 Å². The van der Waals surface area contributed by atoms with E-state index in [1.807, 2.05) is 20.8 Å². The lowest BCUT2D eigenvalue weighted by molar-refractivity contribution is -0.158.